The zero-order valence-electron chi connectivity index (χ0n) is 11.4. The monoisotopic (exact) mass is 331 g/mol. The molecule has 0 aliphatic carbocycles. The van der Waals surface area contributed by atoms with Crippen LogP contribution in [0, 0.1) is 0 Å². The van der Waals surface area contributed by atoms with Crippen molar-refractivity contribution in [1.82, 2.24) is 0 Å². The number of carbonyl (C=O) groups excluding carboxylic acids is 2. The second kappa shape index (κ2) is 5.95. The van der Waals surface area contributed by atoms with Crippen LogP contribution in [0.25, 0.3) is 6.08 Å². The van der Waals surface area contributed by atoms with Gasteiger partial charge in [0.25, 0.3) is 5.91 Å². The second-order valence-electron chi connectivity index (χ2n) is 4.91. The molecule has 1 heterocycles. The van der Waals surface area contributed by atoms with Crippen molar-refractivity contribution in [1.29, 1.82) is 0 Å². The summed E-state index contributed by atoms with van der Waals surface area (Å²) in [4.78, 5) is 25.8. The summed E-state index contributed by atoms with van der Waals surface area (Å²) >= 11 is 11.8. The number of hydrogen-bond donors (Lipinski definition) is 0. The number of amides is 2. The van der Waals surface area contributed by atoms with E-state index in [1.165, 1.54) is 0 Å². The van der Waals surface area contributed by atoms with Gasteiger partial charge in [0.05, 0.1) is 12.1 Å². The summed E-state index contributed by atoms with van der Waals surface area (Å²) in [6, 6.07) is 13.8. The highest BCUT2D eigenvalue weighted by molar-refractivity contribution is 6.32. The van der Waals surface area contributed by atoms with Gasteiger partial charge in [0.2, 0.25) is 5.91 Å². The largest absolute Gasteiger partial charge is 0.274 e. The molecule has 0 N–H and O–H groups in total. The lowest BCUT2D eigenvalue weighted by molar-refractivity contribution is -0.120. The fourth-order valence-corrected chi connectivity index (χ4v) is 2.63. The van der Waals surface area contributed by atoms with Gasteiger partial charge in [0.15, 0.2) is 0 Å². The van der Waals surface area contributed by atoms with E-state index in [2.05, 4.69) is 0 Å². The zero-order valence-corrected chi connectivity index (χ0v) is 12.9. The first-order chi connectivity index (χ1) is 10.5. The molecule has 2 aromatic carbocycles. The molecule has 0 aromatic heterocycles. The number of halogens is 2. The predicted molar refractivity (Wildman–Crippen MR) is 88.0 cm³/mol. The van der Waals surface area contributed by atoms with Gasteiger partial charge in [-0.2, -0.15) is 0 Å². The third kappa shape index (κ3) is 2.91. The summed E-state index contributed by atoms with van der Waals surface area (Å²) in [7, 11) is 0. The van der Waals surface area contributed by atoms with E-state index in [1.54, 1.807) is 54.6 Å². The van der Waals surface area contributed by atoms with Crippen molar-refractivity contribution < 1.29 is 9.59 Å². The molecule has 1 aliphatic rings. The molecule has 0 bridgehead atoms. The van der Waals surface area contributed by atoms with E-state index in [0.717, 1.165) is 10.5 Å². The quantitative estimate of drug-likeness (QED) is 0.606. The van der Waals surface area contributed by atoms with Gasteiger partial charge in [-0.05, 0) is 42.0 Å². The molecule has 5 heteroatoms. The highest BCUT2D eigenvalue weighted by Gasteiger charge is 2.34. The first-order valence-electron chi connectivity index (χ1n) is 6.63. The minimum Gasteiger partial charge on any atom is -0.274 e. The molecule has 1 fully saturated rings. The maximum absolute atomic E-state index is 12.5. The van der Waals surface area contributed by atoms with Crippen LogP contribution in [0.4, 0.5) is 5.69 Å². The van der Waals surface area contributed by atoms with Crippen molar-refractivity contribution in [2.24, 2.45) is 0 Å². The SMILES string of the molecule is O=C1C/C(=C\c2ccc(Cl)cc2)C(=O)N1c1cccc(Cl)c1. The summed E-state index contributed by atoms with van der Waals surface area (Å²) in [5.74, 6) is -0.574. The Kier molecular flexibility index (Phi) is 4.01. The van der Waals surface area contributed by atoms with Crippen LogP contribution in [-0.4, -0.2) is 11.8 Å². The van der Waals surface area contributed by atoms with Gasteiger partial charge < -0.3 is 0 Å². The van der Waals surface area contributed by atoms with Crippen LogP contribution in [0.15, 0.2) is 54.1 Å². The van der Waals surface area contributed by atoms with Crippen LogP contribution in [0.5, 0.6) is 0 Å². The lowest BCUT2D eigenvalue weighted by atomic mass is 10.1. The van der Waals surface area contributed by atoms with Gasteiger partial charge in [-0.1, -0.05) is 41.4 Å². The molecule has 0 saturated carbocycles. The Hall–Kier alpha value is -2.10. The Morgan fingerprint density at radius 3 is 2.36 bits per heavy atom. The molecule has 1 saturated heterocycles. The highest BCUT2D eigenvalue weighted by atomic mass is 35.5. The van der Waals surface area contributed by atoms with Crippen LogP contribution in [0.1, 0.15) is 12.0 Å². The van der Waals surface area contributed by atoms with E-state index < -0.39 is 0 Å². The van der Waals surface area contributed by atoms with Crippen molar-refractivity contribution in [3.05, 3.63) is 69.7 Å². The third-order valence-electron chi connectivity index (χ3n) is 3.35. The van der Waals surface area contributed by atoms with E-state index in [9.17, 15) is 9.59 Å². The number of anilines is 1. The Morgan fingerprint density at radius 1 is 0.955 bits per heavy atom. The minimum atomic E-state index is -0.317. The molecule has 3 rings (SSSR count). The zero-order chi connectivity index (χ0) is 15.7. The van der Waals surface area contributed by atoms with Crippen molar-refractivity contribution in [3.8, 4) is 0 Å². The van der Waals surface area contributed by atoms with Crippen molar-refractivity contribution in [2.45, 2.75) is 6.42 Å². The molecule has 0 unspecified atom stereocenters. The maximum Gasteiger partial charge on any atom is 0.261 e. The van der Waals surface area contributed by atoms with Crippen molar-refractivity contribution in [2.75, 3.05) is 4.90 Å². The normalized spacial score (nSPS) is 16.6. The van der Waals surface area contributed by atoms with Crippen LogP contribution in [0.2, 0.25) is 10.0 Å². The van der Waals surface area contributed by atoms with Gasteiger partial charge in [-0.15, -0.1) is 0 Å². The first-order valence-corrected chi connectivity index (χ1v) is 7.39. The summed E-state index contributed by atoms with van der Waals surface area (Å²) in [6.45, 7) is 0. The molecule has 0 spiro atoms. The number of rotatable bonds is 2. The summed E-state index contributed by atoms with van der Waals surface area (Å²) in [6.07, 6.45) is 1.79. The van der Waals surface area contributed by atoms with E-state index in [1.807, 2.05) is 0 Å². The first kappa shape index (κ1) is 14.8. The third-order valence-corrected chi connectivity index (χ3v) is 3.83. The van der Waals surface area contributed by atoms with Gasteiger partial charge in [0.1, 0.15) is 0 Å². The molecule has 3 nitrogen and oxygen atoms in total. The van der Waals surface area contributed by atoms with Crippen molar-refractivity contribution in [3.63, 3.8) is 0 Å². The Balaban J connectivity index is 1.93. The molecular formula is C17H11Cl2NO2. The fraction of sp³-hybridized carbons (Fsp3) is 0.0588. The Morgan fingerprint density at radius 2 is 1.68 bits per heavy atom. The lowest BCUT2D eigenvalue weighted by Gasteiger charge is -2.13. The number of benzene rings is 2. The fourth-order valence-electron chi connectivity index (χ4n) is 2.32. The lowest BCUT2D eigenvalue weighted by Crippen LogP contribution is -2.28. The standard InChI is InChI=1S/C17H11Cl2NO2/c18-13-6-4-11(5-7-13)8-12-9-16(21)20(17(12)22)15-3-1-2-14(19)10-15/h1-8,10H,9H2/b12-8+. The van der Waals surface area contributed by atoms with E-state index in [0.29, 0.717) is 21.3 Å². The Bertz CT molecular complexity index is 782. The summed E-state index contributed by atoms with van der Waals surface area (Å²) in [5, 5.41) is 1.10. The van der Waals surface area contributed by atoms with E-state index >= 15 is 0 Å². The molecule has 2 amide bonds. The van der Waals surface area contributed by atoms with E-state index in [4.69, 9.17) is 23.2 Å². The summed E-state index contributed by atoms with van der Waals surface area (Å²) < 4.78 is 0. The molecule has 0 radical (unpaired) electrons. The molecule has 0 atom stereocenters. The predicted octanol–water partition coefficient (Wildman–Crippen LogP) is 4.34. The molecule has 1 aliphatic heterocycles. The van der Waals surface area contributed by atoms with Crippen LogP contribution in [-0.2, 0) is 9.59 Å². The highest BCUT2D eigenvalue weighted by Crippen LogP contribution is 2.29. The molecule has 2 aromatic rings. The maximum atomic E-state index is 12.5. The Labute approximate surface area is 137 Å². The van der Waals surface area contributed by atoms with Gasteiger partial charge >= 0.3 is 0 Å². The average molecular weight is 332 g/mol. The second-order valence-corrected chi connectivity index (χ2v) is 5.78. The topological polar surface area (TPSA) is 37.4 Å². The van der Waals surface area contributed by atoms with Crippen molar-refractivity contribution >= 4 is 46.8 Å². The number of nitrogens with zero attached hydrogens (tertiary/aromatic N) is 1. The number of carbonyl (C=O) groups is 2. The number of hydrogen-bond acceptors (Lipinski definition) is 2. The molecule has 22 heavy (non-hydrogen) atoms. The van der Waals surface area contributed by atoms with Crippen LogP contribution in [0.3, 0.4) is 0 Å². The van der Waals surface area contributed by atoms with Crippen LogP contribution >= 0.6 is 23.2 Å². The average Bonchev–Trinajstić information content (AvgIpc) is 2.76. The number of imide groups is 1. The van der Waals surface area contributed by atoms with Gasteiger partial charge in [-0.25, -0.2) is 4.90 Å². The summed E-state index contributed by atoms with van der Waals surface area (Å²) in [5.41, 5.74) is 1.77. The van der Waals surface area contributed by atoms with E-state index in [-0.39, 0.29) is 18.2 Å². The minimum absolute atomic E-state index is 0.0774. The van der Waals surface area contributed by atoms with Crippen LogP contribution < -0.4 is 4.90 Å². The molecular weight excluding hydrogens is 321 g/mol. The van der Waals surface area contributed by atoms with Gasteiger partial charge in [-0.3, -0.25) is 9.59 Å². The smallest absolute Gasteiger partial charge is 0.261 e. The molecule has 110 valence electrons. The van der Waals surface area contributed by atoms with Gasteiger partial charge in [0, 0.05) is 15.6 Å².